The summed E-state index contributed by atoms with van der Waals surface area (Å²) in [6.45, 7) is 9.48. The molecule has 0 saturated carbocycles. The van der Waals surface area contributed by atoms with E-state index >= 15 is 0 Å². The lowest BCUT2D eigenvalue weighted by Crippen LogP contribution is -2.39. The summed E-state index contributed by atoms with van der Waals surface area (Å²) in [7, 11) is 2.00. The van der Waals surface area contributed by atoms with Crippen molar-refractivity contribution in [3.8, 4) is 11.5 Å². The molecule has 0 radical (unpaired) electrons. The van der Waals surface area contributed by atoms with Crippen molar-refractivity contribution in [3.63, 3.8) is 0 Å². The second kappa shape index (κ2) is 8.01. The maximum absolute atomic E-state index is 13.5. The molecule has 1 fully saturated rings. The maximum Gasteiger partial charge on any atom is 0.244 e. The summed E-state index contributed by atoms with van der Waals surface area (Å²) < 4.78 is 8.33. The van der Waals surface area contributed by atoms with Crippen LogP contribution in [-0.2, 0) is 17.9 Å². The van der Waals surface area contributed by atoms with Crippen LogP contribution in [0.3, 0.4) is 0 Å². The summed E-state index contributed by atoms with van der Waals surface area (Å²) in [5, 5.41) is 2.00. The van der Waals surface area contributed by atoms with Crippen LogP contribution in [0.1, 0.15) is 17.7 Å². The average molecular weight is 450 g/mol. The Hall–Kier alpha value is -4.15. The molecule has 34 heavy (non-hydrogen) atoms. The number of hydrogen-bond acceptors (Lipinski definition) is 4. The highest BCUT2D eigenvalue weighted by molar-refractivity contribution is 6.07. The molecule has 0 aliphatic carbocycles. The number of fused-ring (bicyclic) bond motifs is 7. The summed E-state index contributed by atoms with van der Waals surface area (Å²) in [5.74, 6) is 1.27. The van der Waals surface area contributed by atoms with Gasteiger partial charge in [0.15, 0.2) is 0 Å². The normalized spacial score (nSPS) is 18.1. The predicted molar refractivity (Wildman–Crippen MR) is 130 cm³/mol. The van der Waals surface area contributed by atoms with Gasteiger partial charge >= 0.3 is 0 Å². The highest BCUT2D eigenvalue weighted by atomic mass is 16.5. The Morgan fingerprint density at radius 2 is 2.03 bits per heavy atom. The first kappa shape index (κ1) is 20.5. The average Bonchev–Trinajstić information content (AvgIpc) is 3.44. The molecule has 2 aliphatic heterocycles. The van der Waals surface area contributed by atoms with E-state index in [0.29, 0.717) is 36.8 Å². The SMILES string of the molecule is [C-]#[N+]c1ccc2cc1Oc1ccc3cccc(c3c1)N1CC[C@@H](C1=O)N(C)Cc1cncn1C2. The van der Waals surface area contributed by atoms with Gasteiger partial charge in [-0.05, 0) is 48.7 Å². The molecular weight excluding hydrogens is 426 g/mol. The fourth-order valence-electron chi connectivity index (χ4n) is 4.99. The van der Waals surface area contributed by atoms with Gasteiger partial charge in [0, 0.05) is 31.2 Å². The largest absolute Gasteiger partial charge is 0.468 e. The number of rotatable bonds is 0. The Kier molecular flexibility index (Phi) is 4.82. The third kappa shape index (κ3) is 3.40. The quantitative estimate of drug-likeness (QED) is 0.356. The van der Waals surface area contributed by atoms with Gasteiger partial charge in [-0.15, -0.1) is 0 Å². The highest BCUT2D eigenvalue weighted by Crippen LogP contribution is 2.37. The molecule has 3 aromatic carbocycles. The van der Waals surface area contributed by atoms with Crippen LogP contribution in [0.25, 0.3) is 15.6 Å². The molecule has 0 spiro atoms. The first-order valence-corrected chi connectivity index (χ1v) is 11.3. The molecule has 7 nitrogen and oxygen atoms in total. The van der Waals surface area contributed by atoms with Gasteiger partial charge in [0.2, 0.25) is 11.6 Å². The Morgan fingerprint density at radius 1 is 1.12 bits per heavy atom. The minimum Gasteiger partial charge on any atom is -0.468 e. The molecule has 6 rings (SSSR count). The van der Waals surface area contributed by atoms with E-state index in [1.807, 2.05) is 73.0 Å². The Labute approximate surface area is 197 Å². The van der Waals surface area contributed by atoms with Gasteiger partial charge in [-0.1, -0.05) is 30.3 Å². The van der Waals surface area contributed by atoms with Crippen molar-refractivity contribution >= 4 is 28.1 Å². The second-order valence-electron chi connectivity index (χ2n) is 8.90. The van der Waals surface area contributed by atoms with Gasteiger partial charge < -0.3 is 14.2 Å². The van der Waals surface area contributed by atoms with Crippen LogP contribution >= 0.6 is 0 Å². The molecule has 1 amide bonds. The van der Waals surface area contributed by atoms with E-state index < -0.39 is 0 Å². The van der Waals surface area contributed by atoms with Gasteiger partial charge in [0.05, 0.1) is 30.3 Å². The van der Waals surface area contributed by atoms with Gasteiger partial charge in [-0.2, -0.15) is 0 Å². The molecular formula is C27H23N5O2. The second-order valence-corrected chi connectivity index (χ2v) is 8.90. The minimum atomic E-state index is -0.185. The van der Waals surface area contributed by atoms with Crippen LogP contribution in [0.5, 0.6) is 11.5 Å². The van der Waals surface area contributed by atoms with Gasteiger partial charge in [-0.25, -0.2) is 9.83 Å². The van der Waals surface area contributed by atoms with Crippen LogP contribution in [-0.4, -0.2) is 40.0 Å². The van der Waals surface area contributed by atoms with Crippen LogP contribution in [0.2, 0.25) is 0 Å². The highest BCUT2D eigenvalue weighted by Gasteiger charge is 2.36. The topological polar surface area (TPSA) is 55.0 Å². The summed E-state index contributed by atoms with van der Waals surface area (Å²) in [6, 6.07) is 17.4. The molecule has 1 atom stereocenters. The predicted octanol–water partition coefficient (Wildman–Crippen LogP) is 4.98. The van der Waals surface area contributed by atoms with E-state index in [4.69, 9.17) is 11.3 Å². The molecule has 4 aromatic rings. The van der Waals surface area contributed by atoms with Crippen molar-refractivity contribution in [2.75, 3.05) is 18.5 Å². The number of amides is 1. The number of hydrogen-bond donors (Lipinski definition) is 0. The number of carbonyl (C=O) groups excluding carboxylic acids is 1. The lowest BCUT2D eigenvalue weighted by atomic mass is 10.1. The molecule has 0 unspecified atom stereocenters. The van der Waals surface area contributed by atoms with Crippen LogP contribution < -0.4 is 9.64 Å². The van der Waals surface area contributed by atoms with E-state index in [9.17, 15) is 4.79 Å². The maximum atomic E-state index is 13.5. The van der Waals surface area contributed by atoms with Crippen molar-refractivity contribution in [2.45, 2.75) is 25.6 Å². The summed E-state index contributed by atoms with van der Waals surface area (Å²) >= 11 is 0. The monoisotopic (exact) mass is 449 g/mol. The first-order valence-electron chi connectivity index (χ1n) is 11.3. The minimum absolute atomic E-state index is 0.111. The molecule has 1 saturated heterocycles. The molecule has 168 valence electrons. The molecule has 3 heterocycles. The zero-order valence-corrected chi connectivity index (χ0v) is 18.8. The number of likely N-dealkylation sites (N-methyl/N-ethyl adjacent to an activating group) is 1. The summed E-state index contributed by atoms with van der Waals surface area (Å²) in [4.78, 5) is 25.5. The summed E-state index contributed by atoms with van der Waals surface area (Å²) in [5.41, 5.74) is 3.40. The van der Waals surface area contributed by atoms with E-state index in [1.165, 1.54) is 0 Å². The number of aromatic nitrogens is 2. The van der Waals surface area contributed by atoms with E-state index in [1.54, 1.807) is 6.07 Å². The molecule has 1 aromatic heterocycles. The first-order chi connectivity index (χ1) is 16.6. The number of anilines is 1. The molecule has 6 bridgehead atoms. The van der Waals surface area contributed by atoms with Crippen molar-refractivity contribution in [3.05, 3.63) is 89.8 Å². The number of benzene rings is 3. The lowest BCUT2D eigenvalue weighted by Gasteiger charge is -2.25. The zero-order valence-electron chi connectivity index (χ0n) is 18.8. The number of imidazole rings is 1. The van der Waals surface area contributed by atoms with Gasteiger partial charge in [-0.3, -0.25) is 9.69 Å². The Morgan fingerprint density at radius 3 is 2.91 bits per heavy atom. The molecule has 0 N–H and O–H groups in total. The van der Waals surface area contributed by atoms with Gasteiger partial charge in [0.1, 0.15) is 11.5 Å². The van der Waals surface area contributed by atoms with Crippen molar-refractivity contribution in [1.29, 1.82) is 0 Å². The van der Waals surface area contributed by atoms with Crippen LogP contribution in [0, 0.1) is 6.57 Å². The Balaban J connectivity index is 1.53. The van der Waals surface area contributed by atoms with Crippen LogP contribution in [0.4, 0.5) is 11.4 Å². The zero-order chi connectivity index (χ0) is 23.2. The summed E-state index contributed by atoms with van der Waals surface area (Å²) in [6.07, 6.45) is 4.43. The van der Waals surface area contributed by atoms with E-state index in [2.05, 4.69) is 19.3 Å². The van der Waals surface area contributed by atoms with E-state index in [0.717, 1.165) is 34.1 Å². The number of carbonyl (C=O) groups is 1. The van der Waals surface area contributed by atoms with Crippen molar-refractivity contribution in [1.82, 2.24) is 14.5 Å². The molecule has 2 aliphatic rings. The van der Waals surface area contributed by atoms with Crippen molar-refractivity contribution in [2.24, 2.45) is 0 Å². The Bertz CT molecular complexity index is 1470. The fourth-order valence-corrected chi connectivity index (χ4v) is 4.99. The standard InChI is InChI=1S/C27H23N5O2/c1-28-23-9-6-18-12-26(23)34-21-8-7-19-4-3-5-24(22(19)13-21)32-11-10-25(27(32)33)30(2)16-20-14-29-17-31(20)15-18/h3-9,12-14,17,25H,10-11,15-16H2,2H3/t25-/m0/s1. The number of nitrogens with zero attached hydrogens (tertiary/aromatic N) is 5. The third-order valence-electron chi connectivity index (χ3n) is 6.77. The molecule has 7 heteroatoms. The number of ether oxygens (including phenoxy) is 1. The van der Waals surface area contributed by atoms with Gasteiger partial charge in [0.25, 0.3) is 0 Å². The van der Waals surface area contributed by atoms with Crippen molar-refractivity contribution < 1.29 is 9.53 Å². The fraction of sp³-hybridized carbons (Fsp3) is 0.222. The van der Waals surface area contributed by atoms with Crippen LogP contribution in [0.15, 0.2) is 67.1 Å². The third-order valence-corrected chi connectivity index (χ3v) is 6.77. The van der Waals surface area contributed by atoms with E-state index in [-0.39, 0.29) is 11.9 Å². The lowest BCUT2D eigenvalue weighted by molar-refractivity contribution is -0.121. The smallest absolute Gasteiger partial charge is 0.244 e.